The number of aromatic nitrogens is 1. The van der Waals surface area contributed by atoms with Crippen LogP contribution >= 0.6 is 0 Å². The van der Waals surface area contributed by atoms with Crippen molar-refractivity contribution in [3.05, 3.63) is 188 Å². The fraction of sp³-hybridized carbons (Fsp3) is 0.0213. The number of benzene rings is 8. The molecule has 8 aromatic carbocycles. The first-order valence-corrected chi connectivity index (χ1v) is 16.6. The highest BCUT2D eigenvalue weighted by Gasteiger charge is 2.20. The predicted molar refractivity (Wildman–Crippen MR) is 205 cm³/mol. The Morgan fingerprint density at radius 1 is 0.354 bits per heavy atom. The molecule has 9 rings (SSSR count). The molecular formula is C47H33N. The third-order valence-electron chi connectivity index (χ3n) is 9.74. The van der Waals surface area contributed by atoms with Crippen LogP contribution in [0.3, 0.4) is 0 Å². The van der Waals surface area contributed by atoms with Gasteiger partial charge in [0.2, 0.25) is 0 Å². The van der Waals surface area contributed by atoms with Crippen LogP contribution in [-0.4, -0.2) is 4.57 Å². The predicted octanol–water partition coefficient (Wildman–Crippen LogP) is 12.9. The van der Waals surface area contributed by atoms with Crippen molar-refractivity contribution >= 4 is 32.3 Å². The fourth-order valence-corrected chi connectivity index (χ4v) is 7.49. The maximum Gasteiger partial charge on any atom is 0.0535 e. The minimum Gasteiger partial charge on any atom is -0.309 e. The highest BCUT2D eigenvalue weighted by molar-refractivity contribution is 6.22. The van der Waals surface area contributed by atoms with Gasteiger partial charge in [0.15, 0.2) is 0 Å². The van der Waals surface area contributed by atoms with E-state index in [9.17, 15) is 0 Å². The van der Waals surface area contributed by atoms with Crippen LogP contribution in [0.25, 0.3) is 82.8 Å². The summed E-state index contributed by atoms with van der Waals surface area (Å²) in [5.41, 5.74) is 12.2. The average Bonchev–Trinajstić information content (AvgIpc) is 3.60. The molecule has 0 fully saturated rings. The van der Waals surface area contributed by atoms with E-state index < -0.39 is 0 Å². The van der Waals surface area contributed by atoms with Crippen LogP contribution in [0.15, 0.2) is 182 Å². The molecule has 48 heavy (non-hydrogen) atoms. The molecule has 0 saturated carbocycles. The zero-order valence-electron chi connectivity index (χ0n) is 26.8. The van der Waals surface area contributed by atoms with Crippen LogP contribution in [0.5, 0.6) is 0 Å². The molecule has 9 aromatic rings. The SMILES string of the molecule is Cc1ccccc1-c1c2ccccc2c(-c2ccc3ccccc3c2)c2cc(-n3c(-c4ccccc4)ccc3-c3ccccc3)ccc12. The van der Waals surface area contributed by atoms with Gasteiger partial charge in [0.25, 0.3) is 0 Å². The van der Waals surface area contributed by atoms with Gasteiger partial charge in [-0.25, -0.2) is 0 Å². The van der Waals surface area contributed by atoms with E-state index in [4.69, 9.17) is 0 Å². The molecule has 0 radical (unpaired) electrons. The Morgan fingerprint density at radius 2 is 0.917 bits per heavy atom. The summed E-state index contributed by atoms with van der Waals surface area (Å²) in [5, 5.41) is 7.52. The zero-order chi connectivity index (χ0) is 32.0. The number of aryl methyl sites for hydroxylation is 1. The van der Waals surface area contributed by atoms with Crippen molar-refractivity contribution < 1.29 is 0 Å². The van der Waals surface area contributed by atoms with E-state index in [1.54, 1.807) is 0 Å². The lowest BCUT2D eigenvalue weighted by atomic mass is 9.84. The number of hydrogen-bond donors (Lipinski definition) is 0. The normalized spacial score (nSPS) is 11.4. The second-order valence-corrected chi connectivity index (χ2v) is 12.6. The van der Waals surface area contributed by atoms with Crippen LogP contribution in [0.2, 0.25) is 0 Å². The van der Waals surface area contributed by atoms with Crippen molar-refractivity contribution in [2.75, 3.05) is 0 Å². The third-order valence-corrected chi connectivity index (χ3v) is 9.74. The van der Waals surface area contributed by atoms with Gasteiger partial charge in [-0.3, -0.25) is 0 Å². The van der Waals surface area contributed by atoms with Crippen molar-refractivity contribution in [2.45, 2.75) is 6.92 Å². The van der Waals surface area contributed by atoms with E-state index in [2.05, 4.69) is 193 Å². The molecule has 0 N–H and O–H groups in total. The summed E-state index contributed by atoms with van der Waals surface area (Å²) >= 11 is 0. The maximum absolute atomic E-state index is 2.43. The highest BCUT2D eigenvalue weighted by atomic mass is 15.0. The molecule has 0 unspecified atom stereocenters. The molecule has 1 heterocycles. The first-order chi connectivity index (χ1) is 23.7. The topological polar surface area (TPSA) is 4.93 Å². The molecular weight excluding hydrogens is 579 g/mol. The smallest absolute Gasteiger partial charge is 0.0535 e. The quantitative estimate of drug-likeness (QED) is 0.171. The van der Waals surface area contributed by atoms with Crippen molar-refractivity contribution in [3.8, 4) is 50.5 Å². The summed E-state index contributed by atoms with van der Waals surface area (Å²) in [6.07, 6.45) is 0. The highest BCUT2D eigenvalue weighted by Crippen LogP contribution is 2.46. The van der Waals surface area contributed by atoms with Crippen LogP contribution in [-0.2, 0) is 0 Å². The molecule has 0 aliphatic heterocycles. The molecule has 0 aliphatic carbocycles. The van der Waals surface area contributed by atoms with Crippen molar-refractivity contribution in [1.82, 2.24) is 4.57 Å². The first-order valence-electron chi connectivity index (χ1n) is 16.6. The standard InChI is InChI=1S/C47H33N/c1-32-14-8-11-21-39(32)47-41-23-13-12-22-40(41)46(37-25-24-33-15-9-10-20-36(33)30-37)43-31-38(26-27-42(43)47)48-44(34-16-4-2-5-17-34)28-29-45(48)35-18-6-3-7-19-35/h2-31H,1H3. The Kier molecular flexibility index (Phi) is 6.76. The minimum absolute atomic E-state index is 1.14. The molecule has 1 nitrogen and oxygen atoms in total. The molecule has 226 valence electrons. The number of hydrogen-bond acceptors (Lipinski definition) is 0. The van der Waals surface area contributed by atoms with Gasteiger partial charge in [0, 0.05) is 5.69 Å². The van der Waals surface area contributed by atoms with Crippen molar-refractivity contribution in [2.24, 2.45) is 0 Å². The number of rotatable bonds is 5. The van der Waals surface area contributed by atoms with Crippen LogP contribution in [0, 0.1) is 6.92 Å². The lowest BCUT2D eigenvalue weighted by Crippen LogP contribution is -2.00. The molecule has 0 bridgehead atoms. The molecule has 0 aliphatic rings. The summed E-state index contributed by atoms with van der Waals surface area (Å²) in [5.74, 6) is 0. The Labute approximate surface area is 281 Å². The molecule has 0 saturated heterocycles. The molecule has 0 amide bonds. The summed E-state index contributed by atoms with van der Waals surface area (Å²) in [6, 6.07) is 66.3. The molecule has 1 aromatic heterocycles. The van der Waals surface area contributed by atoms with Gasteiger partial charge in [-0.1, -0.05) is 152 Å². The van der Waals surface area contributed by atoms with E-state index >= 15 is 0 Å². The van der Waals surface area contributed by atoms with Gasteiger partial charge < -0.3 is 4.57 Å². The van der Waals surface area contributed by atoms with Crippen LogP contribution in [0.1, 0.15) is 5.56 Å². The van der Waals surface area contributed by atoms with Gasteiger partial charge in [-0.05, 0) is 109 Å². The Balaban J connectivity index is 1.42. The van der Waals surface area contributed by atoms with Gasteiger partial charge in [-0.2, -0.15) is 0 Å². The minimum atomic E-state index is 1.14. The second-order valence-electron chi connectivity index (χ2n) is 12.6. The van der Waals surface area contributed by atoms with Crippen molar-refractivity contribution in [3.63, 3.8) is 0 Å². The van der Waals surface area contributed by atoms with Gasteiger partial charge >= 0.3 is 0 Å². The lowest BCUT2D eigenvalue weighted by Gasteiger charge is -2.21. The van der Waals surface area contributed by atoms with E-state index in [1.807, 2.05) is 0 Å². The molecule has 1 heteroatoms. The zero-order valence-corrected chi connectivity index (χ0v) is 26.8. The molecule has 0 spiro atoms. The van der Waals surface area contributed by atoms with Crippen LogP contribution < -0.4 is 0 Å². The van der Waals surface area contributed by atoms with E-state index in [0.29, 0.717) is 0 Å². The Bertz CT molecular complexity index is 2550. The van der Waals surface area contributed by atoms with Crippen LogP contribution in [0.4, 0.5) is 0 Å². The average molecular weight is 612 g/mol. The van der Waals surface area contributed by atoms with Gasteiger partial charge in [0.1, 0.15) is 0 Å². The lowest BCUT2D eigenvalue weighted by molar-refractivity contribution is 1.10. The fourth-order valence-electron chi connectivity index (χ4n) is 7.49. The van der Waals surface area contributed by atoms with Gasteiger partial charge in [0.05, 0.1) is 11.4 Å². The Hall–Kier alpha value is -6.18. The third kappa shape index (κ3) is 4.63. The van der Waals surface area contributed by atoms with Gasteiger partial charge in [-0.15, -0.1) is 0 Å². The largest absolute Gasteiger partial charge is 0.309 e. The number of fused-ring (bicyclic) bond motifs is 3. The first kappa shape index (κ1) is 28.1. The summed E-state index contributed by atoms with van der Waals surface area (Å²) < 4.78 is 2.43. The summed E-state index contributed by atoms with van der Waals surface area (Å²) in [7, 11) is 0. The van der Waals surface area contributed by atoms with E-state index in [1.165, 1.54) is 82.6 Å². The number of nitrogens with zero attached hydrogens (tertiary/aromatic N) is 1. The van der Waals surface area contributed by atoms with E-state index in [0.717, 1.165) is 5.69 Å². The summed E-state index contributed by atoms with van der Waals surface area (Å²) in [4.78, 5) is 0. The van der Waals surface area contributed by atoms with Crippen molar-refractivity contribution in [1.29, 1.82) is 0 Å². The monoisotopic (exact) mass is 611 g/mol. The van der Waals surface area contributed by atoms with E-state index in [-0.39, 0.29) is 0 Å². The molecule has 0 atom stereocenters. The second kappa shape index (κ2) is 11.6. The maximum atomic E-state index is 2.43. The Morgan fingerprint density at radius 3 is 1.60 bits per heavy atom. The summed E-state index contributed by atoms with van der Waals surface area (Å²) in [6.45, 7) is 2.22.